The number of aliphatic hydroxyl groups excluding tert-OH is 1. The number of fused-ring (bicyclic) bond motifs is 3. The van der Waals surface area contributed by atoms with E-state index in [9.17, 15) is 14.3 Å². The Kier molecular flexibility index (Phi) is 5.32. The summed E-state index contributed by atoms with van der Waals surface area (Å²) in [5.74, 6) is -0.344. The quantitative estimate of drug-likeness (QED) is 0.662. The minimum Gasteiger partial charge on any atom is -0.449 e. The summed E-state index contributed by atoms with van der Waals surface area (Å²) in [6.45, 7) is 1.83. The smallest absolute Gasteiger partial charge is 0.407 e. The molecule has 2 N–H and O–H groups in total. The molecule has 1 amide bonds. The molecule has 0 aromatic heterocycles. The van der Waals surface area contributed by atoms with Gasteiger partial charge in [0.05, 0.1) is 12.6 Å². The Morgan fingerprint density at radius 3 is 2.31 bits per heavy atom. The average molecular weight is 391 g/mol. The molecule has 0 bridgehead atoms. The van der Waals surface area contributed by atoms with E-state index < -0.39 is 12.2 Å². The summed E-state index contributed by atoms with van der Waals surface area (Å²) in [5.41, 5.74) is 5.61. The van der Waals surface area contributed by atoms with E-state index in [1.807, 2.05) is 24.3 Å². The molecule has 0 aliphatic heterocycles. The lowest BCUT2D eigenvalue weighted by molar-refractivity contribution is 0.128. The van der Waals surface area contributed by atoms with Crippen LogP contribution in [0.5, 0.6) is 0 Å². The van der Waals surface area contributed by atoms with Gasteiger partial charge in [-0.05, 0) is 46.4 Å². The highest BCUT2D eigenvalue weighted by Gasteiger charge is 2.29. The minimum absolute atomic E-state index is 0.0122. The van der Waals surface area contributed by atoms with E-state index in [1.54, 1.807) is 13.0 Å². The molecule has 1 atom stereocenters. The largest absolute Gasteiger partial charge is 0.449 e. The summed E-state index contributed by atoms with van der Waals surface area (Å²) in [6, 6.07) is 20.6. The summed E-state index contributed by atoms with van der Waals surface area (Å²) in [7, 11) is 0. The molecular formula is C24H22FNO3. The molecule has 1 aliphatic carbocycles. The van der Waals surface area contributed by atoms with Crippen LogP contribution in [0.2, 0.25) is 0 Å². The van der Waals surface area contributed by atoms with Gasteiger partial charge in [0.25, 0.3) is 0 Å². The summed E-state index contributed by atoms with van der Waals surface area (Å²) >= 11 is 0. The zero-order valence-corrected chi connectivity index (χ0v) is 16.1. The number of carbonyl (C=O) groups is 1. The van der Waals surface area contributed by atoms with Gasteiger partial charge in [-0.2, -0.15) is 0 Å². The highest BCUT2D eigenvalue weighted by Crippen LogP contribution is 2.44. The van der Waals surface area contributed by atoms with Crippen LogP contribution in [0.25, 0.3) is 11.1 Å². The van der Waals surface area contributed by atoms with Crippen molar-refractivity contribution in [2.75, 3.05) is 13.2 Å². The van der Waals surface area contributed by atoms with Crippen molar-refractivity contribution in [1.29, 1.82) is 0 Å². The second-order valence-corrected chi connectivity index (χ2v) is 7.23. The van der Waals surface area contributed by atoms with Crippen LogP contribution in [0.1, 0.15) is 34.3 Å². The lowest BCUT2D eigenvalue weighted by Gasteiger charge is -2.16. The molecule has 3 aromatic carbocycles. The van der Waals surface area contributed by atoms with Gasteiger partial charge in [-0.15, -0.1) is 0 Å². The van der Waals surface area contributed by atoms with Crippen molar-refractivity contribution in [3.63, 3.8) is 0 Å². The second kappa shape index (κ2) is 8.05. The summed E-state index contributed by atoms with van der Waals surface area (Å²) in [5, 5.41) is 12.8. The first-order valence-corrected chi connectivity index (χ1v) is 9.57. The molecule has 0 saturated heterocycles. The van der Waals surface area contributed by atoms with Gasteiger partial charge in [0.1, 0.15) is 12.4 Å². The monoisotopic (exact) mass is 391 g/mol. The predicted octanol–water partition coefficient (Wildman–Crippen LogP) is 4.71. The molecule has 4 rings (SSSR count). The Bertz CT molecular complexity index is 1000. The van der Waals surface area contributed by atoms with Crippen molar-refractivity contribution in [2.24, 2.45) is 0 Å². The lowest BCUT2D eigenvalue weighted by Crippen LogP contribution is -2.30. The lowest BCUT2D eigenvalue weighted by atomic mass is 9.98. The molecule has 29 heavy (non-hydrogen) atoms. The number of aliphatic hydroxyl groups is 1. The highest BCUT2D eigenvalue weighted by atomic mass is 19.1. The Morgan fingerprint density at radius 2 is 1.69 bits per heavy atom. The second-order valence-electron chi connectivity index (χ2n) is 7.23. The minimum atomic E-state index is -0.935. The fraction of sp³-hybridized carbons (Fsp3) is 0.208. The van der Waals surface area contributed by atoms with Gasteiger partial charge in [-0.3, -0.25) is 0 Å². The first kappa shape index (κ1) is 19.2. The summed E-state index contributed by atoms with van der Waals surface area (Å²) in [6.07, 6.45) is -1.53. The maximum absolute atomic E-state index is 13.4. The molecule has 0 heterocycles. The number of benzene rings is 3. The molecule has 5 heteroatoms. The number of amides is 1. The normalized spacial score (nSPS) is 13.5. The molecule has 0 fully saturated rings. The summed E-state index contributed by atoms with van der Waals surface area (Å²) < 4.78 is 18.8. The van der Waals surface area contributed by atoms with Gasteiger partial charge in [0, 0.05) is 5.92 Å². The van der Waals surface area contributed by atoms with Gasteiger partial charge >= 0.3 is 6.09 Å². The maximum atomic E-state index is 13.4. The predicted molar refractivity (Wildman–Crippen MR) is 109 cm³/mol. The standard InChI is InChI=1S/C24H22FNO3/c1-15-12-16(10-11-22(15)25)23(27)13-26-24(28)29-14-21-19-8-4-2-6-17(19)18-7-3-5-9-20(18)21/h2-12,21,23,27H,13-14H2,1H3,(H,26,28). The fourth-order valence-corrected chi connectivity index (χ4v) is 3.82. The third kappa shape index (κ3) is 3.87. The topological polar surface area (TPSA) is 58.6 Å². The number of alkyl carbamates (subject to hydrolysis) is 1. The van der Waals surface area contributed by atoms with Crippen molar-refractivity contribution in [2.45, 2.75) is 18.9 Å². The van der Waals surface area contributed by atoms with Crippen LogP contribution >= 0.6 is 0 Å². The Labute approximate surface area is 169 Å². The number of rotatable bonds is 5. The third-order valence-corrected chi connectivity index (χ3v) is 5.35. The molecule has 148 valence electrons. The molecule has 1 unspecified atom stereocenters. The van der Waals surface area contributed by atoms with Crippen LogP contribution in [0.15, 0.2) is 66.7 Å². The average Bonchev–Trinajstić information content (AvgIpc) is 3.06. The number of hydrogen-bond donors (Lipinski definition) is 2. The van der Waals surface area contributed by atoms with Crippen molar-refractivity contribution in [3.8, 4) is 11.1 Å². The number of ether oxygens (including phenoxy) is 1. The van der Waals surface area contributed by atoms with Crippen LogP contribution in [-0.2, 0) is 4.74 Å². The molecule has 4 nitrogen and oxygen atoms in total. The molecule has 1 aliphatic rings. The van der Waals surface area contributed by atoms with E-state index >= 15 is 0 Å². The first-order chi connectivity index (χ1) is 14.0. The van der Waals surface area contributed by atoms with Crippen molar-refractivity contribution >= 4 is 6.09 Å². The van der Waals surface area contributed by atoms with Gasteiger partial charge in [0.2, 0.25) is 0 Å². The third-order valence-electron chi connectivity index (χ3n) is 5.35. The van der Waals surface area contributed by atoms with E-state index in [0.29, 0.717) is 11.1 Å². The van der Waals surface area contributed by atoms with Crippen LogP contribution in [0.3, 0.4) is 0 Å². The Morgan fingerprint density at radius 1 is 1.07 bits per heavy atom. The van der Waals surface area contributed by atoms with Gasteiger partial charge in [-0.1, -0.05) is 60.7 Å². The first-order valence-electron chi connectivity index (χ1n) is 9.57. The Hall–Kier alpha value is -3.18. The number of nitrogens with one attached hydrogen (secondary N) is 1. The molecule has 0 saturated carbocycles. The summed E-state index contributed by atoms with van der Waals surface area (Å²) in [4.78, 5) is 12.2. The number of halogens is 1. The Balaban J connectivity index is 1.37. The molecule has 0 spiro atoms. The van der Waals surface area contributed by atoms with E-state index in [4.69, 9.17) is 4.74 Å². The van der Waals surface area contributed by atoms with Crippen LogP contribution in [0.4, 0.5) is 9.18 Å². The maximum Gasteiger partial charge on any atom is 0.407 e. The fourth-order valence-electron chi connectivity index (χ4n) is 3.82. The molecular weight excluding hydrogens is 369 g/mol. The van der Waals surface area contributed by atoms with E-state index in [-0.39, 0.29) is 24.9 Å². The van der Waals surface area contributed by atoms with E-state index in [2.05, 4.69) is 29.6 Å². The van der Waals surface area contributed by atoms with Gasteiger partial charge < -0.3 is 15.2 Å². The van der Waals surface area contributed by atoms with Crippen LogP contribution in [-0.4, -0.2) is 24.4 Å². The zero-order valence-electron chi connectivity index (χ0n) is 16.1. The van der Waals surface area contributed by atoms with Gasteiger partial charge in [-0.25, -0.2) is 9.18 Å². The zero-order chi connectivity index (χ0) is 20.4. The number of hydrogen-bond acceptors (Lipinski definition) is 3. The van der Waals surface area contributed by atoms with Crippen molar-refractivity contribution in [3.05, 3.63) is 94.8 Å². The van der Waals surface area contributed by atoms with Crippen molar-refractivity contribution in [1.82, 2.24) is 5.32 Å². The molecule has 0 radical (unpaired) electrons. The highest BCUT2D eigenvalue weighted by molar-refractivity contribution is 5.79. The van der Waals surface area contributed by atoms with Crippen molar-refractivity contribution < 1.29 is 19.0 Å². The van der Waals surface area contributed by atoms with Crippen LogP contribution < -0.4 is 5.32 Å². The van der Waals surface area contributed by atoms with E-state index in [0.717, 1.165) is 11.1 Å². The number of aryl methyl sites for hydroxylation is 1. The number of carbonyl (C=O) groups excluding carboxylic acids is 1. The SMILES string of the molecule is Cc1cc(C(O)CNC(=O)OCC2c3ccccc3-c3ccccc32)ccc1F. The van der Waals surface area contributed by atoms with Crippen LogP contribution in [0, 0.1) is 12.7 Å². The van der Waals surface area contributed by atoms with E-state index in [1.165, 1.54) is 23.3 Å². The molecule has 3 aromatic rings. The van der Waals surface area contributed by atoms with Gasteiger partial charge in [0.15, 0.2) is 0 Å².